The molecule has 0 bridgehead atoms. The highest BCUT2D eigenvalue weighted by atomic mass is 16.6. The van der Waals surface area contributed by atoms with Crippen LogP contribution < -0.4 is 4.90 Å². The van der Waals surface area contributed by atoms with Crippen LogP contribution in [0.4, 0.5) is 11.4 Å². The molecule has 0 aromatic heterocycles. The monoisotopic (exact) mass is 385 g/mol. The van der Waals surface area contributed by atoms with E-state index in [1.807, 2.05) is 0 Å². The Morgan fingerprint density at radius 2 is 1.64 bits per heavy atom. The molecule has 2 aromatic carbocycles. The van der Waals surface area contributed by atoms with Crippen molar-refractivity contribution in [3.05, 3.63) is 63.7 Å². The van der Waals surface area contributed by atoms with Gasteiger partial charge in [-0.3, -0.25) is 14.9 Å². The number of amides is 1. The third-order valence-electron chi connectivity index (χ3n) is 4.58. The number of aromatic hydroxyl groups is 1. The molecule has 0 atom stereocenters. The van der Waals surface area contributed by atoms with E-state index in [1.54, 1.807) is 29.2 Å². The summed E-state index contributed by atoms with van der Waals surface area (Å²) in [6.07, 6.45) is 0. The molecule has 1 aliphatic heterocycles. The fraction of sp³-hybridized carbons (Fsp3) is 0.263. The van der Waals surface area contributed by atoms with Gasteiger partial charge in [0, 0.05) is 49.6 Å². The van der Waals surface area contributed by atoms with Crippen molar-refractivity contribution in [3.8, 4) is 5.75 Å². The summed E-state index contributed by atoms with van der Waals surface area (Å²) in [5, 5.41) is 20.5. The molecule has 9 heteroatoms. The van der Waals surface area contributed by atoms with Crippen molar-refractivity contribution >= 4 is 23.3 Å². The van der Waals surface area contributed by atoms with Crippen molar-refractivity contribution in [3.63, 3.8) is 0 Å². The van der Waals surface area contributed by atoms with E-state index in [2.05, 4.69) is 9.64 Å². The number of phenolic OH excluding ortho intramolecular Hbond substituents is 1. The fourth-order valence-electron chi connectivity index (χ4n) is 3.09. The first-order chi connectivity index (χ1) is 13.4. The molecule has 0 aliphatic carbocycles. The number of non-ortho nitro benzene ring substituents is 1. The molecule has 0 spiro atoms. The number of nitro benzene ring substituents is 1. The highest BCUT2D eigenvalue weighted by molar-refractivity contribution is 5.99. The van der Waals surface area contributed by atoms with Crippen LogP contribution in [0.2, 0.25) is 0 Å². The molecule has 9 nitrogen and oxygen atoms in total. The molecule has 1 N–H and O–H groups in total. The number of piperazine rings is 1. The van der Waals surface area contributed by atoms with E-state index in [0.29, 0.717) is 26.2 Å². The SMILES string of the molecule is COC(=O)c1cc(C(=O)N2CCN(c3ccc(O)cc3)CC2)cc([N+](=O)[O-])c1. The summed E-state index contributed by atoms with van der Waals surface area (Å²) in [7, 11) is 1.17. The van der Waals surface area contributed by atoms with E-state index >= 15 is 0 Å². The van der Waals surface area contributed by atoms with Gasteiger partial charge in [0.05, 0.1) is 17.6 Å². The first-order valence-corrected chi connectivity index (χ1v) is 8.60. The van der Waals surface area contributed by atoms with Gasteiger partial charge in [-0.2, -0.15) is 0 Å². The Labute approximate surface area is 160 Å². The molecule has 1 saturated heterocycles. The number of hydrogen-bond acceptors (Lipinski definition) is 7. The topological polar surface area (TPSA) is 113 Å². The number of methoxy groups -OCH3 is 1. The lowest BCUT2D eigenvalue weighted by Crippen LogP contribution is -2.48. The normalized spacial score (nSPS) is 13.9. The first kappa shape index (κ1) is 19.2. The Morgan fingerprint density at radius 1 is 1.04 bits per heavy atom. The maximum Gasteiger partial charge on any atom is 0.338 e. The van der Waals surface area contributed by atoms with Gasteiger partial charge in [-0.1, -0.05) is 0 Å². The molecule has 1 aliphatic rings. The average Bonchev–Trinajstić information content (AvgIpc) is 2.73. The van der Waals surface area contributed by atoms with Crippen LogP contribution in [0, 0.1) is 10.1 Å². The van der Waals surface area contributed by atoms with E-state index in [1.165, 1.54) is 19.2 Å². The van der Waals surface area contributed by atoms with Crippen molar-refractivity contribution < 1.29 is 24.4 Å². The van der Waals surface area contributed by atoms with E-state index in [9.17, 15) is 24.8 Å². The van der Waals surface area contributed by atoms with Crippen molar-refractivity contribution in [2.75, 3.05) is 38.2 Å². The number of ether oxygens (including phenoxy) is 1. The molecule has 1 fully saturated rings. The van der Waals surface area contributed by atoms with Crippen molar-refractivity contribution in [1.29, 1.82) is 0 Å². The van der Waals surface area contributed by atoms with Crippen LogP contribution in [0.1, 0.15) is 20.7 Å². The van der Waals surface area contributed by atoms with Gasteiger partial charge in [0.15, 0.2) is 0 Å². The number of nitro groups is 1. The molecular weight excluding hydrogens is 366 g/mol. The Bertz CT molecular complexity index is 904. The van der Waals surface area contributed by atoms with Crippen molar-refractivity contribution in [2.45, 2.75) is 0 Å². The third-order valence-corrected chi connectivity index (χ3v) is 4.58. The van der Waals surface area contributed by atoms with E-state index in [4.69, 9.17) is 0 Å². The van der Waals surface area contributed by atoms with Crippen LogP contribution in [0.25, 0.3) is 0 Å². The Balaban J connectivity index is 1.75. The van der Waals surface area contributed by atoms with Crippen molar-refractivity contribution in [2.24, 2.45) is 0 Å². The summed E-state index contributed by atoms with van der Waals surface area (Å²) in [6.45, 7) is 2.01. The van der Waals surface area contributed by atoms with Crippen LogP contribution in [-0.4, -0.2) is 60.1 Å². The predicted octanol–water partition coefficient (Wildman–Crippen LogP) is 2.05. The molecule has 0 radical (unpaired) electrons. The number of benzene rings is 2. The highest BCUT2D eigenvalue weighted by Crippen LogP contribution is 2.22. The lowest BCUT2D eigenvalue weighted by atomic mass is 10.1. The zero-order valence-electron chi connectivity index (χ0n) is 15.2. The number of esters is 1. The van der Waals surface area contributed by atoms with Crippen LogP contribution in [-0.2, 0) is 4.74 Å². The highest BCUT2D eigenvalue weighted by Gasteiger charge is 2.25. The standard InChI is InChI=1S/C19H19N3O6/c1-28-19(25)14-10-13(11-16(12-14)22(26)27)18(24)21-8-6-20(7-9-21)15-2-4-17(23)5-3-15/h2-5,10-12,23H,6-9H2,1H3. The Hall–Kier alpha value is -3.62. The average molecular weight is 385 g/mol. The lowest BCUT2D eigenvalue weighted by molar-refractivity contribution is -0.384. The summed E-state index contributed by atoms with van der Waals surface area (Å²) in [6, 6.07) is 10.4. The molecule has 3 rings (SSSR count). The zero-order chi connectivity index (χ0) is 20.3. The van der Waals surface area contributed by atoms with Gasteiger partial charge in [0.1, 0.15) is 5.75 Å². The largest absolute Gasteiger partial charge is 0.508 e. The predicted molar refractivity (Wildman–Crippen MR) is 101 cm³/mol. The first-order valence-electron chi connectivity index (χ1n) is 8.60. The third kappa shape index (κ3) is 4.03. The quantitative estimate of drug-likeness (QED) is 0.487. The summed E-state index contributed by atoms with van der Waals surface area (Å²) in [4.78, 5) is 38.8. The number of nitrogens with zero attached hydrogens (tertiary/aromatic N) is 3. The van der Waals surface area contributed by atoms with E-state index in [-0.39, 0.29) is 28.5 Å². The zero-order valence-corrected chi connectivity index (χ0v) is 15.2. The minimum atomic E-state index is -0.741. The van der Waals surface area contributed by atoms with Crippen LogP contribution >= 0.6 is 0 Å². The van der Waals surface area contributed by atoms with Gasteiger partial charge in [-0.15, -0.1) is 0 Å². The Kier molecular flexibility index (Phi) is 5.44. The maximum atomic E-state index is 12.8. The number of carbonyl (C=O) groups is 2. The van der Waals surface area contributed by atoms with Gasteiger partial charge in [-0.25, -0.2) is 4.79 Å². The number of carbonyl (C=O) groups excluding carboxylic acids is 2. The molecule has 146 valence electrons. The minimum Gasteiger partial charge on any atom is -0.508 e. The molecule has 28 heavy (non-hydrogen) atoms. The number of phenols is 1. The number of hydrogen-bond donors (Lipinski definition) is 1. The van der Waals surface area contributed by atoms with E-state index in [0.717, 1.165) is 11.8 Å². The second-order valence-corrected chi connectivity index (χ2v) is 6.31. The molecule has 0 saturated carbocycles. The lowest BCUT2D eigenvalue weighted by Gasteiger charge is -2.36. The number of anilines is 1. The van der Waals surface area contributed by atoms with Gasteiger partial charge in [0.25, 0.3) is 11.6 Å². The van der Waals surface area contributed by atoms with Crippen LogP contribution in [0.15, 0.2) is 42.5 Å². The fourth-order valence-corrected chi connectivity index (χ4v) is 3.09. The van der Waals surface area contributed by atoms with Gasteiger partial charge >= 0.3 is 5.97 Å². The molecule has 1 amide bonds. The Morgan fingerprint density at radius 3 is 2.21 bits per heavy atom. The molecular formula is C19H19N3O6. The summed E-state index contributed by atoms with van der Waals surface area (Å²) in [5.41, 5.74) is 0.637. The van der Waals surface area contributed by atoms with Crippen LogP contribution in [0.3, 0.4) is 0 Å². The maximum absolute atomic E-state index is 12.8. The van der Waals surface area contributed by atoms with Crippen LogP contribution in [0.5, 0.6) is 5.75 Å². The smallest absolute Gasteiger partial charge is 0.338 e. The second-order valence-electron chi connectivity index (χ2n) is 6.31. The van der Waals surface area contributed by atoms with Gasteiger partial charge < -0.3 is 19.6 Å². The number of rotatable bonds is 4. The van der Waals surface area contributed by atoms with Gasteiger partial charge in [0.2, 0.25) is 0 Å². The minimum absolute atomic E-state index is 0.0391. The molecule has 1 heterocycles. The summed E-state index contributed by atoms with van der Waals surface area (Å²) < 4.78 is 4.61. The van der Waals surface area contributed by atoms with Crippen molar-refractivity contribution in [1.82, 2.24) is 4.90 Å². The second kappa shape index (κ2) is 7.95. The molecule has 2 aromatic rings. The van der Waals surface area contributed by atoms with E-state index < -0.39 is 10.9 Å². The summed E-state index contributed by atoms with van der Waals surface area (Å²) >= 11 is 0. The summed E-state index contributed by atoms with van der Waals surface area (Å²) in [5.74, 6) is -0.932. The molecule has 0 unspecified atom stereocenters. The van der Waals surface area contributed by atoms with Gasteiger partial charge in [-0.05, 0) is 30.3 Å².